The van der Waals surface area contributed by atoms with Crippen LogP contribution >= 0.6 is 11.6 Å². The predicted molar refractivity (Wildman–Crippen MR) is 60.3 cm³/mol. The summed E-state index contributed by atoms with van der Waals surface area (Å²) in [5.74, 6) is 0.599. The fraction of sp³-hybridized carbons (Fsp3) is 0.364. The van der Waals surface area contributed by atoms with Crippen LogP contribution in [0, 0.1) is 6.92 Å². The first-order valence-electron chi connectivity index (χ1n) is 4.62. The van der Waals surface area contributed by atoms with Crippen LogP contribution in [0.25, 0.3) is 0 Å². The Morgan fingerprint density at radius 2 is 2.20 bits per heavy atom. The van der Waals surface area contributed by atoms with Gasteiger partial charge in [0.1, 0.15) is 5.75 Å². The Morgan fingerprint density at radius 1 is 1.53 bits per heavy atom. The van der Waals surface area contributed by atoms with Crippen LogP contribution in [-0.2, 0) is 11.3 Å². The normalized spacial score (nSPS) is 9.87. The van der Waals surface area contributed by atoms with Gasteiger partial charge in [-0.25, -0.2) is 0 Å². The molecule has 0 heterocycles. The molecule has 82 valence electrons. The molecule has 0 bridgehead atoms. The Hall–Kier alpha value is -1.22. The SMILES string of the molecule is COc1cc(C)c(CNC(C)=O)cc1Cl. The zero-order valence-electron chi connectivity index (χ0n) is 9.06. The minimum atomic E-state index is -0.0543. The molecule has 0 unspecified atom stereocenters. The average molecular weight is 228 g/mol. The zero-order valence-corrected chi connectivity index (χ0v) is 9.81. The van der Waals surface area contributed by atoms with Crippen molar-refractivity contribution in [2.75, 3.05) is 7.11 Å². The summed E-state index contributed by atoms with van der Waals surface area (Å²) in [7, 11) is 1.58. The Balaban J connectivity index is 2.90. The van der Waals surface area contributed by atoms with Gasteiger partial charge in [-0.15, -0.1) is 0 Å². The van der Waals surface area contributed by atoms with Gasteiger partial charge in [-0.3, -0.25) is 4.79 Å². The standard InChI is InChI=1S/C11H14ClNO2/c1-7-4-11(15-3)10(12)5-9(7)6-13-8(2)14/h4-5H,6H2,1-3H3,(H,13,14). The quantitative estimate of drug-likeness (QED) is 0.861. The molecule has 0 fully saturated rings. The molecule has 1 amide bonds. The van der Waals surface area contributed by atoms with Gasteiger partial charge in [-0.2, -0.15) is 0 Å². The number of carbonyl (C=O) groups is 1. The largest absolute Gasteiger partial charge is 0.495 e. The second-order valence-electron chi connectivity index (χ2n) is 3.32. The van der Waals surface area contributed by atoms with E-state index >= 15 is 0 Å². The highest BCUT2D eigenvalue weighted by molar-refractivity contribution is 6.32. The molecule has 1 N–H and O–H groups in total. The number of ether oxygens (including phenoxy) is 1. The lowest BCUT2D eigenvalue weighted by atomic mass is 10.1. The lowest BCUT2D eigenvalue weighted by Gasteiger charge is -2.10. The van der Waals surface area contributed by atoms with E-state index in [0.717, 1.165) is 11.1 Å². The summed E-state index contributed by atoms with van der Waals surface area (Å²) >= 11 is 5.98. The zero-order chi connectivity index (χ0) is 11.4. The van der Waals surface area contributed by atoms with Crippen molar-refractivity contribution in [2.45, 2.75) is 20.4 Å². The summed E-state index contributed by atoms with van der Waals surface area (Å²) in [6.45, 7) is 3.93. The Morgan fingerprint density at radius 3 is 2.73 bits per heavy atom. The number of methoxy groups -OCH3 is 1. The van der Waals surface area contributed by atoms with Crippen molar-refractivity contribution < 1.29 is 9.53 Å². The highest BCUT2D eigenvalue weighted by Crippen LogP contribution is 2.27. The smallest absolute Gasteiger partial charge is 0.217 e. The predicted octanol–water partition coefficient (Wildman–Crippen LogP) is 2.29. The minimum Gasteiger partial charge on any atom is -0.495 e. The average Bonchev–Trinajstić information content (AvgIpc) is 2.18. The maximum atomic E-state index is 10.8. The summed E-state index contributed by atoms with van der Waals surface area (Å²) in [5.41, 5.74) is 2.04. The summed E-state index contributed by atoms with van der Waals surface area (Å²) in [6, 6.07) is 3.67. The molecular formula is C11H14ClNO2. The lowest BCUT2D eigenvalue weighted by Crippen LogP contribution is -2.19. The van der Waals surface area contributed by atoms with E-state index in [9.17, 15) is 4.79 Å². The lowest BCUT2D eigenvalue weighted by molar-refractivity contribution is -0.119. The van der Waals surface area contributed by atoms with Crippen molar-refractivity contribution in [3.05, 3.63) is 28.3 Å². The molecule has 0 saturated heterocycles. The number of benzene rings is 1. The second kappa shape index (κ2) is 5.03. The molecule has 0 aromatic heterocycles. The number of hydrogen-bond donors (Lipinski definition) is 1. The Kier molecular flexibility index (Phi) is 3.97. The number of hydrogen-bond acceptors (Lipinski definition) is 2. The third-order valence-electron chi connectivity index (χ3n) is 2.14. The van der Waals surface area contributed by atoms with Crippen LogP contribution in [0.2, 0.25) is 5.02 Å². The first kappa shape index (κ1) is 11.9. The van der Waals surface area contributed by atoms with Crippen LogP contribution in [0.15, 0.2) is 12.1 Å². The van der Waals surface area contributed by atoms with Crippen molar-refractivity contribution >= 4 is 17.5 Å². The molecule has 15 heavy (non-hydrogen) atoms. The van der Waals surface area contributed by atoms with Gasteiger partial charge in [0.25, 0.3) is 0 Å². The van der Waals surface area contributed by atoms with E-state index in [0.29, 0.717) is 17.3 Å². The van der Waals surface area contributed by atoms with Gasteiger partial charge >= 0.3 is 0 Å². The molecule has 0 spiro atoms. The van der Waals surface area contributed by atoms with E-state index in [-0.39, 0.29) is 5.91 Å². The highest BCUT2D eigenvalue weighted by atomic mass is 35.5. The monoisotopic (exact) mass is 227 g/mol. The molecular weight excluding hydrogens is 214 g/mol. The fourth-order valence-corrected chi connectivity index (χ4v) is 1.53. The number of carbonyl (C=O) groups excluding carboxylic acids is 1. The molecule has 1 aromatic rings. The summed E-state index contributed by atoms with van der Waals surface area (Å²) in [5, 5.41) is 3.29. The van der Waals surface area contributed by atoms with E-state index in [2.05, 4.69) is 5.32 Å². The summed E-state index contributed by atoms with van der Waals surface area (Å²) < 4.78 is 5.09. The number of rotatable bonds is 3. The molecule has 0 aliphatic heterocycles. The molecule has 1 rings (SSSR count). The Bertz CT molecular complexity index is 377. The van der Waals surface area contributed by atoms with Crippen molar-refractivity contribution in [2.24, 2.45) is 0 Å². The van der Waals surface area contributed by atoms with Crippen molar-refractivity contribution in [1.82, 2.24) is 5.32 Å². The number of halogens is 1. The van der Waals surface area contributed by atoms with Crippen LogP contribution in [0.4, 0.5) is 0 Å². The molecule has 3 nitrogen and oxygen atoms in total. The van der Waals surface area contributed by atoms with Crippen molar-refractivity contribution in [3.8, 4) is 5.75 Å². The van der Waals surface area contributed by atoms with E-state index in [1.807, 2.05) is 19.1 Å². The van der Waals surface area contributed by atoms with E-state index in [4.69, 9.17) is 16.3 Å². The third-order valence-corrected chi connectivity index (χ3v) is 2.43. The van der Waals surface area contributed by atoms with Crippen LogP contribution in [-0.4, -0.2) is 13.0 Å². The third kappa shape index (κ3) is 3.13. The summed E-state index contributed by atoms with van der Waals surface area (Å²) in [6.07, 6.45) is 0. The molecule has 0 radical (unpaired) electrons. The fourth-order valence-electron chi connectivity index (χ4n) is 1.26. The van der Waals surface area contributed by atoms with Crippen molar-refractivity contribution in [3.63, 3.8) is 0 Å². The van der Waals surface area contributed by atoms with Crippen LogP contribution in [0.5, 0.6) is 5.75 Å². The van der Waals surface area contributed by atoms with Gasteiger partial charge < -0.3 is 10.1 Å². The van der Waals surface area contributed by atoms with Gasteiger partial charge in [0, 0.05) is 13.5 Å². The molecule has 0 atom stereocenters. The van der Waals surface area contributed by atoms with Gasteiger partial charge in [0.05, 0.1) is 12.1 Å². The minimum absolute atomic E-state index is 0.0543. The highest BCUT2D eigenvalue weighted by Gasteiger charge is 2.06. The van der Waals surface area contributed by atoms with Crippen molar-refractivity contribution in [1.29, 1.82) is 0 Å². The molecule has 1 aromatic carbocycles. The molecule has 0 saturated carbocycles. The Labute approximate surface area is 94.4 Å². The van der Waals surface area contributed by atoms with E-state index in [1.54, 1.807) is 7.11 Å². The second-order valence-corrected chi connectivity index (χ2v) is 3.73. The number of nitrogens with one attached hydrogen (secondary N) is 1. The van der Waals surface area contributed by atoms with E-state index in [1.165, 1.54) is 6.92 Å². The number of amides is 1. The van der Waals surface area contributed by atoms with Crippen LogP contribution in [0.3, 0.4) is 0 Å². The van der Waals surface area contributed by atoms with Crippen LogP contribution < -0.4 is 10.1 Å². The first-order valence-corrected chi connectivity index (χ1v) is 5.00. The van der Waals surface area contributed by atoms with Gasteiger partial charge in [-0.1, -0.05) is 11.6 Å². The maximum absolute atomic E-state index is 10.8. The molecule has 4 heteroatoms. The first-order chi connectivity index (χ1) is 7.04. The van der Waals surface area contributed by atoms with Gasteiger partial charge in [-0.05, 0) is 30.2 Å². The maximum Gasteiger partial charge on any atom is 0.217 e. The summed E-state index contributed by atoms with van der Waals surface area (Å²) in [4.78, 5) is 10.8. The van der Waals surface area contributed by atoms with E-state index < -0.39 is 0 Å². The molecule has 0 aliphatic carbocycles. The van der Waals surface area contributed by atoms with Gasteiger partial charge in [0.2, 0.25) is 5.91 Å². The number of aryl methyl sites for hydroxylation is 1. The van der Waals surface area contributed by atoms with Crippen LogP contribution in [0.1, 0.15) is 18.1 Å². The molecule has 0 aliphatic rings. The van der Waals surface area contributed by atoms with Gasteiger partial charge in [0.15, 0.2) is 0 Å². The topological polar surface area (TPSA) is 38.3 Å².